The molecule has 142 valence electrons. The maximum atomic E-state index is 12.4. The predicted molar refractivity (Wildman–Crippen MR) is 110 cm³/mol. The number of carbonyl (C=O) groups is 1. The van der Waals surface area contributed by atoms with Gasteiger partial charge in [-0.2, -0.15) is 8.42 Å². The molecule has 1 amide bonds. The van der Waals surface area contributed by atoms with E-state index in [9.17, 15) is 13.2 Å². The van der Waals surface area contributed by atoms with Gasteiger partial charge in [0, 0.05) is 12.6 Å². The number of nitrogens with zero attached hydrogens (tertiary/aromatic N) is 1. The van der Waals surface area contributed by atoms with Gasteiger partial charge in [0.1, 0.15) is 15.8 Å². The first-order valence-electron chi connectivity index (χ1n) is 7.40. The third-order valence-electron chi connectivity index (χ3n) is 3.56. The number of furan rings is 1. The summed E-state index contributed by atoms with van der Waals surface area (Å²) >= 11 is 18.4. The second-order valence-electron chi connectivity index (χ2n) is 5.42. The highest BCUT2D eigenvalue weighted by molar-refractivity contribution is 8.26. The van der Waals surface area contributed by atoms with Crippen LogP contribution in [0.5, 0.6) is 0 Å². The Balaban J connectivity index is 1.83. The van der Waals surface area contributed by atoms with Crippen molar-refractivity contribution < 1.29 is 22.2 Å². The Bertz CT molecular complexity index is 1040. The van der Waals surface area contributed by atoms with Crippen LogP contribution in [0.25, 0.3) is 17.4 Å². The van der Waals surface area contributed by atoms with Gasteiger partial charge in [0.2, 0.25) is 0 Å². The lowest BCUT2D eigenvalue weighted by Crippen LogP contribution is -2.32. The highest BCUT2D eigenvalue weighted by atomic mass is 35.5. The Morgan fingerprint density at radius 2 is 1.89 bits per heavy atom. The first-order valence-corrected chi connectivity index (χ1v) is 11.0. The van der Waals surface area contributed by atoms with Gasteiger partial charge in [-0.15, -0.1) is 0 Å². The quantitative estimate of drug-likeness (QED) is 0.400. The number of benzene rings is 1. The van der Waals surface area contributed by atoms with Crippen LogP contribution in [0.15, 0.2) is 39.7 Å². The molecule has 0 spiro atoms. The average molecular weight is 464 g/mol. The summed E-state index contributed by atoms with van der Waals surface area (Å²) in [7, 11) is -4.20. The summed E-state index contributed by atoms with van der Waals surface area (Å²) in [6.07, 6.45) is 1.50. The van der Waals surface area contributed by atoms with Crippen LogP contribution in [-0.2, 0) is 14.9 Å². The van der Waals surface area contributed by atoms with Gasteiger partial charge in [0.05, 0.1) is 26.3 Å². The highest BCUT2D eigenvalue weighted by Crippen LogP contribution is 2.37. The van der Waals surface area contributed by atoms with Crippen LogP contribution in [0.2, 0.25) is 10.0 Å². The lowest BCUT2D eigenvalue weighted by molar-refractivity contribution is -0.121. The van der Waals surface area contributed by atoms with Gasteiger partial charge in [-0.25, -0.2) is 0 Å². The van der Waals surface area contributed by atoms with E-state index in [1.807, 2.05) is 0 Å². The summed E-state index contributed by atoms with van der Waals surface area (Å²) in [6, 6.07) is 8.42. The van der Waals surface area contributed by atoms with E-state index in [0.717, 1.165) is 16.7 Å². The lowest BCUT2D eigenvalue weighted by Gasteiger charge is -2.12. The maximum Gasteiger partial charge on any atom is 0.266 e. The Labute approximate surface area is 174 Å². The summed E-state index contributed by atoms with van der Waals surface area (Å²) in [5, 5.41) is 0.861. The van der Waals surface area contributed by atoms with Gasteiger partial charge < -0.3 is 4.42 Å². The van der Waals surface area contributed by atoms with Gasteiger partial charge in [-0.1, -0.05) is 53.2 Å². The van der Waals surface area contributed by atoms with Crippen molar-refractivity contribution in [2.75, 3.05) is 12.3 Å². The molecule has 1 aliphatic rings. The molecule has 1 N–H and O–H groups in total. The molecule has 0 unspecified atom stereocenters. The number of hydrogen-bond acceptors (Lipinski definition) is 6. The largest absolute Gasteiger partial charge is 0.457 e. The van der Waals surface area contributed by atoms with Gasteiger partial charge >= 0.3 is 0 Å². The highest BCUT2D eigenvalue weighted by Gasteiger charge is 2.32. The molecule has 1 aromatic carbocycles. The van der Waals surface area contributed by atoms with Gasteiger partial charge in [0.15, 0.2) is 0 Å². The van der Waals surface area contributed by atoms with E-state index in [1.165, 1.54) is 6.08 Å². The van der Waals surface area contributed by atoms with Crippen LogP contribution in [0.1, 0.15) is 5.76 Å². The first-order chi connectivity index (χ1) is 12.7. The van der Waals surface area contributed by atoms with Crippen LogP contribution < -0.4 is 0 Å². The molecule has 0 saturated carbocycles. The molecule has 1 fully saturated rings. The average Bonchev–Trinajstić information content (AvgIpc) is 3.11. The van der Waals surface area contributed by atoms with E-state index < -0.39 is 21.8 Å². The summed E-state index contributed by atoms with van der Waals surface area (Å²) in [5.74, 6) is -0.222. The molecule has 1 aromatic heterocycles. The molecule has 1 aliphatic heterocycles. The fourth-order valence-corrected chi connectivity index (χ4v) is 4.61. The van der Waals surface area contributed by atoms with Crippen molar-refractivity contribution in [2.24, 2.45) is 0 Å². The SMILES string of the molecule is O=C1/C(=C\c2ccc(-c3c(Cl)cccc3Cl)o2)SC(=S)N1CCS(=O)(=O)O. The Morgan fingerprint density at radius 3 is 2.52 bits per heavy atom. The molecule has 2 heterocycles. The Hall–Kier alpha value is -1.36. The molecule has 6 nitrogen and oxygen atoms in total. The summed E-state index contributed by atoms with van der Waals surface area (Å²) in [5.41, 5.74) is 0.543. The van der Waals surface area contributed by atoms with Crippen LogP contribution in [-0.4, -0.2) is 40.4 Å². The van der Waals surface area contributed by atoms with E-state index in [4.69, 9.17) is 44.4 Å². The van der Waals surface area contributed by atoms with E-state index in [2.05, 4.69) is 0 Å². The molecule has 1 saturated heterocycles. The smallest absolute Gasteiger partial charge is 0.266 e. The monoisotopic (exact) mass is 463 g/mol. The van der Waals surface area contributed by atoms with Gasteiger partial charge in [-0.05, 0) is 24.3 Å². The predicted octanol–water partition coefficient (Wildman–Crippen LogP) is 4.34. The van der Waals surface area contributed by atoms with Crippen molar-refractivity contribution in [3.8, 4) is 11.3 Å². The number of thiocarbonyl (C=S) groups is 1. The summed E-state index contributed by atoms with van der Waals surface area (Å²) in [4.78, 5) is 13.8. The van der Waals surface area contributed by atoms with E-state index in [-0.39, 0.29) is 15.8 Å². The number of rotatable bonds is 5. The molecular weight excluding hydrogens is 453 g/mol. The minimum atomic E-state index is -4.20. The van der Waals surface area contributed by atoms with Crippen LogP contribution in [0.3, 0.4) is 0 Å². The zero-order valence-corrected chi connectivity index (χ0v) is 17.3. The fourth-order valence-electron chi connectivity index (χ4n) is 2.33. The molecule has 2 aromatic rings. The molecule has 11 heteroatoms. The number of halogens is 2. The normalized spacial score (nSPS) is 16.6. The minimum absolute atomic E-state index is 0.204. The Kier molecular flexibility index (Phi) is 5.99. The van der Waals surface area contributed by atoms with Crippen LogP contribution in [0, 0.1) is 0 Å². The van der Waals surface area contributed by atoms with Crippen molar-refractivity contribution in [2.45, 2.75) is 0 Å². The minimum Gasteiger partial charge on any atom is -0.457 e. The summed E-state index contributed by atoms with van der Waals surface area (Å²) < 4.78 is 36.5. The zero-order valence-electron chi connectivity index (χ0n) is 13.4. The van der Waals surface area contributed by atoms with Crippen LogP contribution >= 0.6 is 47.2 Å². The molecule has 0 bridgehead atoms. The van der Waals surface area contributed by atoms with Crippen molar-refractivity contribution in [1.82, 2.24) is 4.90 Å². The molecule has 0 aliphatic carbocycles. The third kappa shape index (κ3) is 4.74. The van der Waals surface area contributed by atoms with Crippen molar-refractivity contribution >= 4 is 73.6 Å². The number of hydrogen-bond donors (Lipinski definition) is 1. The number of thioether (sulfide) groups is 1. The van der Waals surface area contributed by atoms with E-state index in [1.54, 1.807) is 30.3 Å². The summed E-state index contributed by atoms with van der Waals surface area (Å²) in [6.45, 7) is -0.223. The van der Waals surface area contributed by atoms with Crippen molar-refractivity contribution in [1.29, 1.82) is 0 Å². The second kappa shape index (κ2) is 7.94. The number of carbonyl (C=O) groups excluding carboxylic acids is 1. The van der Waals surface area contributed by atoms with E-state index in [0.29, 0.717) is 27.1 Å². The third-order valence-corrected chi connectivity index (χ3v) is 6.26. The van der Waals surface area contributed by atoms with E-state index >= 15 is 0 Å². The van der Waals surface area contributed by atoms with Crippen LogP contribution in [0.4, 0.5) is 0 Å². The van der Waals surface area contributed by atoms with Crippen molar-refractivity contribution in [3.63, 3.8) is 0 Å². The topological polar surface area (TPSA) is 87.8 Å². The lowest BCUT2D eigenvalue weighted by atomic mass is 10.2. The number of amides is 1. The molecule has 3 rings (SSSR count). The molecule has 0 atom stereocenters. The standard InChI is InChI=1S/C16H11Cl2NO5S3/c17-10-2-1-3-11(18)14(10)12-5-4-9(24-12)8-13-15(20)19(16(25)26-13)6-7-27(21,22)23/h1-5,8H,6-7H2,(H,21,22,23)/b13-8+. The molecule has 0 radical (unpaired) electrons. The maximum absolute atomic E-state index is 12.4. The van der Waals surface area contributed by atoms with Gasteiger partial charge in [-0.3, -0.25) is 14.2 Å². The second-order valence-corrected chi connectivity index (χ2v) is 9.48. The van der Waals surface area contributed by atoms with Crippen molar-refractivity contribution in [3.05, 3.63) is 51.0 Å². The fraction of sp³-hybridized carbons (Fsp3) is 0.125. The zero-order chi connectivity index (χ0) is 19.8. The molecule has 27 heavy (non-hydrogen) atoms. The first kappa shape index (κ1) is 20.4. The van der Waals surface area contributed by atoms with Gasteiger partial charge in [0.25, 0.3) is 16.0 Å². The Morgan fingerprint density at radius 1 is 1.22 bits per heavy atom. The molecular formula is C16H11Cl2NO5S3.